The van der Waals surface area contributed by atoms with Crippen molar-refractivity contribution in [2.24, 2.45) is 0 Å². The molecule has 1 saturated carbocycles. The zero-order valence-corrected chi connectivity index (χ0v) is 11.1. The quantitative estimate of drug-likeness (QED) is 0.842. The molecule has 0 heterocycles. The van der Waals surface area contributed by atoms with Gasteiger partial charge in [-0.2, -0.15) is 0 Å². The third kappa shape index (κ3) is 2.91. The molecule has 0 bridgehead atoms. The van der Waals surface area contributed by atoms with Crippen LogP contribution in [0.2, 0.25) is 0 Å². The third-order valence-electron chi connectivity index (χ3n) is 3.68. The highest BCUT2D eigenvalue weighted by Crippen LogP contribution is 2.19. The normalized spacial score (nSPS) is 23.7. The van der Waals surface area contributed by atoms with E-state index in [-0.39, 0.29) is 11.9 Å². The molecule has 1 aromatic carbocycles. The van der Waals surface area contributed by atoms with Crippen LogP contribution in [0.15, 0.2) is 18.2 Å². The van der Waals surface area contributed by atoms with Gasteiger partial charge in [-0.1, -0.05) is 30.5 Å². The van der Waals surface area contributed by atoms with E-state index >= 15 is 0 Å². The molecular formula is C15H21NO2. The number of aryl methyl sites for hydroxylation is 2. The predicted molar refractivity (Wildman–Crippen MR) is 71.6 cm³/mol. The van der Waals surface area contributed by atoms with Crippen molar-refractivity contribution in [3.05, 3.63) is 34.9 Å². The first kappa shape index (κ1) is 13.1. The molecule has 1 aliphatic rings. The molecule has 0 aromatic heterocycles. The highest BCUT2D eigenvalue weighted by atomic mass is 16.3. The highest BCUT2D eigenvalue weighted by Gasteiger charge is 2.25. The Morgan fingerprint density at radius 2 is 2.00 bits per heavy atom. The number of nitrogens with one attached hydrogen (secondary N) is 1. The monoisotopic (exact) mass is 247 g/mol. The molecule has 98 valence electrons. The molecule has 0 spiro atoms. The average molecular weight is 247 g/mol. The van der Waals surface area contributed by atoms with Gasteiger partial charge in [-0.25, -0.2) is 0 Å². The second kappa shape index (κ2) is 5.53. The number of rotatable bonds is 2. The Hall–Kier alpha value is -1.35. The maximum atomic E-state index is 12.2. The smallest absolute Gasteiger partial charge is 0.251 e. The molecule has 0 saturated heterocycles. The number of aliphatic hydroxyl groups is 1. The van der Waals surface area contributed by atoms with Gasteiger partial charge in [0.15, 0.2) is 0 Å². The highest BCUT2D eigenvalue weighted by molar-refractivity contribution is 5.96. The first-order valence-corrected chi connectivity index (χ1v) is 6.64. The van der Waals surface area contributed by atoms with Gasteiger partial charge in [-0.15, -0.1) is 0 Å². The Morgan fingerprint density at radius 1 is 1.28 bits per heavy atom. The Labute approximate surface area is 108 Å². The molecule has 18 heavy (non-hydrogen) atoms. The molecule has 2 atom stereocenters. The molecule has 2 rings (SSSR count). The van der Waals surface area contributed by atoms with Crippen LogP contribution in [0.1, 0.15) is 47.2 Å². The summed E-state index contributed by atoms with van der Waals surface area (Å²) in [6.07, 6.45) is 3.40. The van der Waals surface area contributed by atoms with Gasteiger partial charge in [0.25, 0.3) is 5.91 Å². The van der Waals surface area contributed by atoms with Crippen LogP contribution in [0.4, 0.5) is 0 Å². The van der Waals surface area contributed by atoms with E-state index in [1.165, 1.54) is 0 Å². The molecule has 0 radical (unpaired) electrons. The van der Waals surface area contributed by atoms with Gasteiger partial charge in [0.1, 0.15) is 0 Å². The van der Waals surface area contributed by atoms with Crippen molar-refractivity contribution in [2.75, 3.05) is 0 Å². The van der Waals surface area contributed by atoms with Crippen molar-refractivity contribution < 1.29 is 9.90 Å². The molecule has 1 amide bonds. The van der Waals surface area contributed by atoms with Crippen LogP contribution >= 0.6 is 0 Å². The first-order valence-electron chi connectivity index (χ1n) is 6.64. The van der Waals surface area contributed by atoms with Crippen molar-refractivity contribution in [1.82, 2.24) is 5.32 Å². The summed E-state index contributed by atoms with van der Waals surface area (Å²) in [5.41, 5.74) is 2.77. The van der Waals surface area contributed by atoms with E-state index in [0.717, 1.165) is 36.8 Å². The maximum absolute atomic E-state index is 12.2. The number of carbonyl (C=O) groups is 1. The topological polar surface area (TPSA) is 49.3 Å². The lowest BCUT2D eigenvalue weighted by molar-refractivity contribution is 0.0717. The lowest BCUT2D eigenvalue weighted by Gasteiger charge is -2.28. The zero-order valence-electron chi connectivity index (χ0n) is 11.1. The second-order valence-corrected chi connectivity index (χ2v) is 5.25. The van der Waals surface area contributed by atoms with Crippen molar-refractivity contribution in [1.29, 1.82) is 0 Å². The Morgan fingerprint density at radius 3 is 2.72 bits per heavy atom. The number of hydrogen-bond donors (Lipinski definition) is 2. The molecular weight excluding hydrogens is 226 g/mol. The number of amides is 1. The third-order valence-corrected chi connectivity index (χ3v) is 3.68. The van der Waals surface area contributed by atoms with Gasteiger partial charge < -0.3 is 10.4 Å². The summed E-state index contributed by atoms with van der Waals surface area (Å²) in [6.45, 7) is 3.91. The fourth-order valence-electron chi connectivity index (χ4n) is 2.51. The molecule has 0 aliphatic heterocycles. The van der Waals surface area contributed by atoms with Crippen LogP contribution < -0.4 is 5.32 Å². The summed E-state index contributed by atoms with van der Waals surface area (Å²) in [5.74, 6) is -0.0675. The Kier molecular flexibility index (Phi) is 4.02. The fraction of sp³-hybridized carbons (Fsp3) is 0.533. The molecule has 3 heteroatoms. The van der Waals surface area contributed by atoms with E-state index in [0.29, 0.717) is 5.56 Å². The van der Waals surface area contributed by atoms with Crippen molar-refractivity contribution in [2.45, 2.75) is 51.7 Å². The summed E-state index contributed by atoms with van der Waals surface area (Å²) in [5, 5.41) is 12.8. The number of hydrogen-bond acceptors (Lipinski definition) is 2. The summed E-state index contributed by atoms with van der Waals surface area (Å²) in [6, 6.07) is 5.77. The van der Waals surface area contributed by atoms with Gasteiger partial charge in [-0.3, -0.25) is 4.79 Å². The second-order valence-electron chi connectivity index (χ2n) is 5.25. The summed E-state index contributed by atoms with van der Waals surface area (Å²) in [4.78, 5) is 12.2. The predicted octanol–water partition coefficient (Wildman–Crippen LogP) is 2.34. The minimum Gasteiger partial charge on any atom is -0.391 e. The van der Waals surface area contributed by atoms with E-state index in [2.05, 4.69) is 5.32 Å². The first-order chi connectivity index (χ1) is 8.58. The molecule has 1 aromatic rings. The Balaban J connectivity index is 2.09. The molecule has 1 fully saturated rings. The Bertz CT molecular complexity index is 442. The summed E-state index contributed by atoms with van der Waals surface area (Å²) < 4.78 is 0. The number of carbonyl (C=O) groups excluding carboxylic acids is 1. The summed E-state index contributed by atoms with van der Waals surface area (Å²) >= 11 is 0. The van der Waals surface area contributed by atoms with Gasteiger partial charge in [0, 0.05) is 5.56 Å². The standard InChI is InChI=1S/C15H21NO2/c1-10-7-8-11(2)12(9-10)15(18)16-13-5-3-4-6-14(13)17/h7-9,13-14,17H,3-6H2,1-2H3,(H,16,18). The van der Waals surface area contributed by atoms with Crippen LogP contribution in [0, 0.1) is 13.8 Å². The van der Waals surface area contributed by atoms with Gasteiger partial charge in [-0.05, 0) is 38.3 Å². The van der Waals surface area contributed by atoms with E-state index in [1.807, 2.05) is 32.0 Å². The average Bonchev–Trinajstić information content (AvgIpc) is 2.35. The lowest BCUT2D eigenvalue weighted by atomic mass is 9.92. The van der Waals surface area contributed by atoms with Crippen LogP contribution in [-0.4, -0.2) is 23.2 Å². The summed E-state index contributed by atoms with van der Waals surface area (Å²) in [7, 11) is 0. The van der Waals surface area contributed by atoms with Crippen LogP contribution in [0.25, 0.3) is 0 Å². The zero-order chi connectivity index (χ0) is 13.1. The molecule has 1 aliphatic carbocycles. The van der Waals surface area contributed by atoms with Gasteiger partial charge in [0.2, 0.25) is 0 Å². The maximum Gasteiger partial charge on any atom is 0.251 e. The van der Waals surface area contributed by atoms with Crippen molar-refractivity contribution in [3.63, 3.8) is 0 Å². The van der Waals surface area contributed by atoms with E-state index in [1.54, 1.807) is 0 Å². The van der Waals surface area contributed by atoms with Gasteiger partial charge >= 0.3 is 0 Å². The largest absolute Gasteiger partial charge is 0.391 e. The van der Waals surface area contributed by atoms with E-state index in [9.17, 15) is 9.90 Å². The van der Waals surface area contributed by atoms with E-state index < -0.39 is 6.10 Å². The van der Waals surface area contributed by atoms with Crippen LogP contribution in [-0.2, 0) is 0 Å². The minimum absolute atomic E-state index is 0.0675. The van der Waals surface area contributed by atoms with Crippen LogP contribution in [0.5, 0.6) is 0 Å². The fourth-order valence-corrected chi connectivity index (χ4v) is 2.51. The van der Waals surface area contributed by atoms with E-state index in [4.69, 9.17) is 0 Å². The molecule has 3 nitrogen and oxygen atoms in total. The lowest BCUT2D eigenvalue weighted by Crippen LogP contribution is -2.45. The SMILES string of the molecule is Cc1ccc(C)c(C(=O)NC2CCCCC2O)c1. The minimum atomic E-state index is -0.396. The molecule has 2 N–H and O–H groups in total. The van der Waals surface area contributed by atoms with Gasteiger partial charge in [0.05, 0.1) is 12.1 Å². The van der Waals surface area contributed by atoms with Crippen molar-refractivity contribution in [3.8, 4) is 0 Å². The number of aliphatic hydroxyl groups excluding tert-OH is 1. The number of benzene rings is 1. The van der Waals surface area contributed by atoms with Crippen LogP contribution in [0.3, 0.4) is 0 Å². The van der Waals surface area contributed by atoms with Crippen molar-refractivity contribution >= 4 is 5.91 Å². The molecule has 2 unspecified atom stereocenters.